The van der Waals surface area contributed by atoms with Gasteiger partial charge in [0.05, 0.1) is 13.2 Å². The normalized spacial score (nSPS) is 10.7. The highest BCUT2D eigenvalue weighted by Gasteiger charge is 2.16. The molecular weight excluding hydrogens is 307 g/mol. The molecule has 0 aromatic heterocycles. The molecule has 0 saturated carbocycles. The van der Waals surface area contributed by atoms with Crippen LogP contribution < -0.4 is 0 Å². The molecule has 120 valence electrons. The van der Waals surface area contributed by atoms with E-state index in [2.05, 4.69) is 32.7 Å². The Morgan fingerprint density at radius 3 is 1.62 bits per heavy atom. The van der Waals surface area contributed by atoms with Crippen LogP contribution in [-0.4, -0.2) is 45.0 Å². The van der Waals surface area contributed by atoms with Gasteiger partial charge in [-0.05, 0) is 0 Å². The maximum Gasteiger partial charge on any atom is 0.365 e. The Labute approximate surface area is 121 Å². The lowest BCUT2D eigenvalue weighted by Gasteiger charge is -2.13. The average Bonchev–Trinajstić information content (AvgIpc) is 2.45. The van der Waals surface area contributed by atoms with Gasteiger partial charge in [0, 0.05) is 18.8 Å². The van der Waals surface area contributed by atoms with Crippen LogP contribution in [-0.2, 0) is 42.8 Å². The van der Waals surface area contributed by atoms with Crippen molar-refractivity contribution in [2.45, 2.75) is 0 Å². The third-order valence-electron chi connectivity index (χ3n) is 1.60. The molecule has 0 bridgehead atoms. The largest absolute Gasteiger partial charge is 0.365 e. The second kappa shape index (κ2) is 11.2. The molecule has 0 aliphatic heterocycles. The van der Waals surface area contributed by atoms with Gasteiger partial charge < -0.3 is 9.05 Å². The highest BCUT2D eigenvalue weighted by atomic mass is 31.2. The zero-order valence-electron chi connectivity index (χ0n) is 11.5. The molecule has 9 nitrogen and oxygen atoms in total. The molecule has 0 spiro atoms. The minimum absolute atomic E-state index is 0.121. The Kier molecular flexibility index (Phi) is 10.4. The van der Waals surface area contributed by atoms with Gasteiger partial charge in [0.2, 0.25) is 0 Å². The van der Waals surface area contributed by atoms with Gasteiger partial charge in [-0.15, -0.1) is 0 Å². The van der Waals surface area contributed by atoms with Crippen LogP contribution in [0, 0.1) is 0 Å². The van der Waals surface area contributed by atoms with Crippen molar-refractivity contribution in [2.75, 3.05) is 33.1 Å². The summed E-state index contributed by atoms with van der Waals surface area (Å²) in [4.78, 5) is 38.5. The van der Waals surface area contributed by atoms with E-state index in [9.17, 15) is 14.2 Å². The van der Waals surface area contributed by atoms with Crippen molar-refractivity contribution in [1.82, 2.24) is 0 Å². The first-order valence-electron chi connectivity index (χ1n) is 5.69. The van der Waals surface area contributed by atoms with Crippen LogP contribution in [0.3, 0.4) is 0 Å². The minimum Gasteiger partial charge on any atom is -0.306 e. The van der Waals surface area contributed by atoms with Crippen LogP contribution >= 0.6 is 7.60 Å². The lowest BCUT2D eigenvalue weighted by molar-refractivity contribution is -0.270. The standard InChI is InChI=1S/C11H17O9P/c1-4-10(12)19-15-6-8-17-21(3,14)18-9-7-16-20-11(13)5-2/h4-5H,1-2,6-9H2,3H3. The zero-order chi connectivity index (χ0) is 16.1. The highest BCUT2D eigenvalue weighted by Crippen LogP contribution is 2.43. The van der Waals surface area contributed by atoms with Gasteiger partial charge in [-0.25, -0.2) is 9.59 Å². The highest BCUT2D eigenvalue weighted by molar-refractivity contribution is 7.52. The van der Waals surface area contributed by atoms with Gasteiger partial charge in [-0.2, -0.15) is 9.78 Å². The molecule has 0 heterocycles. The molecule has 0 aromatic carbocycles. The second-order valence-electron chi connectivity index (χ2n) is 3.29. The van der Waals surface area contributed by atoms with Gasteiger partial charge in [-0.1, -0.05) is 13.2 Å². The van der Waals surface area contributed by atoms with E-state index in [-0.39, 0.29) is 26.4 Å². The lowest BCUT2D eigenvalue weighted by atomic mass is 10.7. The van der Waals surface area contributed by atoms with E-state index in [1.54, 1.807) is 0 Å². The van der Waals surface area contributed by atoms with Gasteiger partial charge in [-0.3, -0.25) is 14.3 Å². The third kappa shape index (κ3) is 12.0. The first-order valence-corrected chi connectivity index (χ1v) is 7.68. The SMILES string of the molecule is C=CC(=O)OOCCOP(C)(=O)OCCOOC(=O)C=C. The van der Waals surface area contributed by atoms with Crippen LogP contribution in [0.1, 0.15) is 0 Å². The predicted molar refractivity (Wildman–Crippen MR) is 69.9 cm³/mol. The summed E-state index contributed by atoms with van der Waals surface area (Å²) in [6.45, 7) is 7.06. The fourth-order valence-electron chi connectivity index (χ4n) is 0.779. The lowest BCUT2D eigenvalue weighted by Crippen LogP contribution is -2.10. The molecule has 0 radical (unpaired) electrons. The van der Waals surface area contributed by atoms with Gasteiger partial charge in [0.15, 0.2) is 0 Å². The predicted octanol–water partition coefficient (Wildman–Crippen LogP) is 1.16. The fraction of sp³-hybridized carbons (Fsp3) is 0.455. The zero-order valence-corrected chi connectivity index (χ0v) is 12.4. The summed E-state index contributed by atoms with van der Waals surface area (Å²) in [5.41, 5.74) is 0. The molecule has 0 aliphatic carbocycles. The molecule has 0 amide bonds. The maximum atomic E-state index is 11.7. The van der Waals surface area contributed by atoms with Crippen LogP contribution in [0.15, 0.2) is 25.3 Å². The monoisotopic (exact) mass is 324 g/mol. The molecule has 10 heteroatoms. The molecule has 0 unspecified atom stereocenters. The van der Waals surface area contributed by atoms with Crippen molar-refractivity contribution in [3.8, 4) is 0 Å². The molecular formula is C11H17O9P. The Hall–Kier alpha value is -1.51. The molecule has 0 saturated heterocycles. The van der Waals surface area contributed by atoms with Crippen LogP contribution in [0.2, 0.25) is 0 Å². The maximum absolute atomic E-state index is 11.7. The van der Waals surface area contributed by atoms with Crippen molar-refractivity contribution >= 4 is 19.5 Å². The van der Waals surface area contributed by atoms with E-state index in [1.165, 1.54) is 6.66 Å². The average molecular weight is 324 g/mol. The number of hydrogen-bond donors (Lipinski definition) is 0. The summed E-state index contributed by atoms with van der Waals surface area (Å²) in [6, 6.07) is 0. The fourth-order valence-corrected chi connectivity index (χ4v) is 1.67. The van der Waals surface area contributed by atoms with Gasteiger partial charge >= 0.3 is 19.5 Å². The van der Waals surface area contributed by atoms with Gasteiger partial charge in [0.25, 0.3) is 0 Å². The van der Waals surface area contributed by atoms with Crippen molar-refractivity contribution in [3.05, 3.63) is 25.3 Å². The van der Waals surface area contributed by atoms with E-state index in [4.69, 9.17) is 9.05 Å². The van der Waals surface area contributed by atoms with E-state index >= 15 is 0 Å². The van der Waals surface area contributed by atoms with Crippen molar-refractivity contribution in [1.29, 1.82) is 0 Å². The van der Waals surface area contributed by atoms with E-state index in [0.29, 0.717) is 0 Å². The first kappa shape index (κ1) is 19.5. The third-order valence-corrected chi connectivity index (χ3v) is 2.90. The van der Waals surface area contributed by atoms with Crippen LogP contribution in [0.25, 0.3) is 0 Å². The Morgan fingerprint density at radius 1 is 0.905 bits per heavy atom. The molecule has 0 rings (SSSR count). The van der Waals surface area contributed by atoms with Crippen molar-refractivity contribution in [2.24, 2.45) is 0 Å². The van der Waals surface area contributed by atoms with Crippen molar-refractivity contribution < 1.29 is 42.8 Å². The Balaban J connectivity index is 3.62. The second-order valence-corrected chi connectivity index (χ2v) is 5.35. The molecule has 0 aromatic rings. The Morgan fingerprint density at radius 2 is 1.29 bits per heavy atom. The summed E-state index contributed by atoms with van der Waals surface area (Å²) in [6.07, 6.45) is 1.85. The number of carbonyl (C=O) groups excluding carboxylic acids is 2. The summed E-state index contributed by atoms with van der Waals surface area (Å²) < 4.78 is 21.5. The smallest absolute Gasteiger partial charge is 0.306 e. The summed E-state index contributed by atoms with van der Waals surface area (Å²) in [5, 5.41) is 0. The molecule has 0 fully saturated rings. The van der Waals surface area contributed by atoms with E-state index < -0.39 is 19.5 Å². The number of hydrogen-bond acceptors (Lipinski definition) is 9. The van der Waals surface area contributed by atoms with Crippen LogP contribution in [0.4, 0.5) is 0 Å². The number of rotatable bonds is 12. The summed E-state index contributed by atoms with van der Waals surface area (Å²) in [5.74, 6) is -1.51. The van der Waals surface area contributed by atoms with Gasteiger partial charge in [0.1, 0.15) is 13.2 Å². The Bertz CT molecular complexity index is 372. The van der Waals surface area contributed by atoms with Crippen molar-refractivity contribution in [3.63, 3.8) is 0 Å². The molecule has 0 aliphatic rings. The van der Waals surface area contributed by atoms with E-state index in [1.807, 2.05) is 0 Å². The van der Waals surface area contributed by atoms with E-state index in [0.717, 1.165) is 12.2 Å². The summed E-state index contributed by atoms with van der Waals surface area (Å²) >= 11 is 0. The topological polar surface area (TPSA) is 107 Å². The molecule has 21 heavy (non-hydrogen) atoms. The van der Waals surface area contributed by atoms with Crippen LogP contribution in [0.5, 0.6) is 0 Å². The first-order chi connectivity index (χ1) is 9.91. The number of carbonyl (C=O) groups is 2. The molecule has 0 N–H and O–H groups in total. The quantitative estimate of drug-likeness (QED) is 0.172. The summed E-state index contributed by atoms with van der Waals surface area (Å²) in [7, 11) is -3.32. The molecule has 0 atom stereocenters. The minimum atomic E-state index is -3.32.